The fraction of sp³-hybridized carbons (Fsp3) is 0.333. The molecular formula is C30H33N5O3. The second-order valence-corrected chi connectivity index (χ2v) is 9.75. The van der Waals surface area contributed by atoms with Crippen LogP contribution < -0.4 is 5.32 Å². The molecule has 2 amide bonds. The van der Waals surface area contributed by atoms with Crippen molar-refractivity contribution in [1.29, 1.82) is 0 Å². The summed E-state index contributed by atoms with van der Waals surface area (Å²) >= 11 is 0. The molecule has 8 heteroatoms. The Morgan fingerprint density at radius 2 is 1.82 bits per heavy atom. The maximum absolute atomic E-state index is 14.0. The number of rotatable bonds is 10. The molecular weight excluding hydrogens is 478 g/mol. The zero-order valence-corrected chi connectivity index (χ0v) is 21.6. The number of aryl methyl sites for hydroxylation is 1. The van der Waals surface area contributed by atoms with E-state index in [0.717, 1.165) is 47.2 Å². The van der Waals surface area contributed by atoms with Crippen LogP contribution >= 0.6 is 0 Å². The number of aromatic nitrogens is 3. The van der Waals surface area contributed by atoms with Crippen LogP contribution in [-0.4, -0.2) is 57.5 Å². The van der Waals surface area contributed by atoms with Crippen LogP contribution in [0.15, 0.2) is 78.9 Å². The highest BCUT2D eigenvalue weighted by Gasteiger charge is 2.32. The van der Waals surface area contributed by atoms with Gasteiger partial charge < -0.3 is 15.0 Å². The summed E-state index contributed by atoms with van der Waals surface area (Å²) in [5.41, 5.74) is 4.45. The van der Waals surface area contributed by atoms with E-state index in [1.165, 1.54) is 0 Å². The Kier molecular flexibility index (Phi) is 8.09. The van der Waals surface area contributed by atoms with Gasteiger partial charge in [-0.25, -0.2) is 4.68 Å². The number of nitrogens with zero attached hydrogens (tertiary/aromatic N) is 4. The number of nitrogens with one attached hydrogen (secondary N) is 1. The van der Waals surface area contributed by atoms with Crippen LogP contribution in [-0.2, 0) is 27.3 Å². The van der Waals surface area contributed by atoms with Gasteiger partial charge in [-0.15, -0.1) is 5.10 Å². The van der Waals surface area contributed by atoms with E-state index in [1.807, 2.05) is 85.8 Å². The average Bonchev–Trinajstić information content (AvgIpc) is 3.61. The van der Waals surface area contributed by atoms with Gasteiger partial charge in [-0.1, -0.05) is 77.5 Å². The van der Waals surface area contributed by atoms with Gasteiger partial charge in [0.25, 0.3) is 0 Å². The summed E-state index contributed by atoms with van der Waals surface area (Å²) < 4.78 is 7.32. The van der Waals surface area contributed by atoms with Gasteiger partial charge in [-0.05, 0) is 49.4 Å². The molecule has 1 N–H and O–H groups in total. The van der Waals surface area contributed by atoms with Crippen LogP contribution in [0.3, 0.4) is 0 Å². The van der Waals surface area contributed by atoms with Crippen molar-refractivity contribution in [3.63, 3.8) is 0 Å². The van der Waals surface area contributed by atoms with E-state index in [4.69, 9.17) is 4.74 Å². The van der Waals surface area contributed by atoms with Crippen molar-refractivity contribution in [3.05, 3.63) is 95.6 Å². The smallest absolute Gasteiger partial charge is 0.247 e. The Labute approximate surface area is 222 Å². The molecule has 3 aromatic carbocycles. The largest absolute Gasteiger partial charge is 0.376 e. The van der Waals surface area contributed by atoms with E-state index in [9.17, 15) is 9.59 Å². The second kappa shape index (κ2) is 12.0. The lowest BCUT2D eigenvalue weighted by molar-refractivity contribution is -0.141. The third-order valence-corrected chi connectivity index (χ3v) is 6.99. The van der Waals surface area contributed by atoms with E-state index in [2.05, 4.69) is 15.6 Å². The van der Waals surface area contributed by atoms with E-state index >= 15 is 0 Å². The Balaban J connectivity index is 1.45. The number of benzene rings is 3. The molecule has 0 bridgehead atoms. The number of hydrogen-bond donors (Lipinski definition) is 1. The van der Waals surface area contributed by atoms with E-state index in [-0.39, 0.29) is 24.5 Å². The highest BCUT2D eigenvalue weighted by atomic mass is 16.5. The summed E-state index contributed by atoms with van der Waals surface area (Å²) in [7, 11) is 0. The van der Waals surface area contributed by atoms with Gasteiger partial charge in [-0.3, -0.25) is 9.59 Å². The van der Waals surface area contributed by atoms with E-state index in [1.54, 1.807) is 9.58 Å². The van der Waals surface area contributed by atoms with Gasteiger partial charge in [-0.2, -0.15) is 0 Å². The third-order valence-electron chi connectivity index (χ3n) is 6.99. The monoisotopic (exact) mass is 511 g/mol. The summed E-state index contributed by atoms with van der Waals surface area (Å²) in [5, 5.41) is 11.5. The summed E-state index contributed by atoms with van der Waals surface area (Å²) in [5.74, 6) is -0.413. The van der Waals surface area contributed by atoms with Crippen molar-refractivity contribution in [1.82, 2.24) is 25.2 Å². The lowest BCUT2D eigenvalue weighted by Crippen LogP contribution is -2.47. The first-order chi connectivity index (χ1) is 18.6. The average molecular weight is 512 g/mol. The maximum Gasteiger partial charge on any atom is 0.247 e. The Morgan fingerprint density at radius 3 is 2.58 bits per heavy atom. The summed E-state index contributed by atoms with van der Waals surface area (Å²) in [6.07, 6.45) is 2.54. The molecule has 1 aliphatic rings. The molecule has 2 atom stereocenters. The van der Waals surface area contributed by atoms with Crippen LogP contribution in [0.2, 0.25) is 0 Å². The number of para-hydroxylation sites is 1. The first-order valence-electron chi connectivity index (χ1n) is 13.2. The van der Waals surface area contributed by atoms with Crippen molar-refractivity contribution in [2.24, 2.45) is 0 Å². The lowest BCUT2D eigenvalue weighted by atomic mass is 10.0. The minimum Gasteiger partial charge on any atom is -0.376 e. The van der Waals surface area contributed by atoms with Gasteiger partial charge in [0.05, 0.1) is 11.6 Å². The summed E-state index contributed by atoms with van der Waals surface area (Å²) in [6, 6.07) is 24.6. The Bertz CT molecular complexity index is 1360. The van der Waals surface area contributed by atoms with Crippen molar-refractivity contribution >= 4 is 22.8 Å². The molecule has 0 radical (unpaired) electrons. The van der Waals surface area contributed by atoms with Crippen molar-refractivity contribution in [3.8, 4) is 0 Å². The molecule has 0 unspecified atom stereocenters. The van der Waals surface area contributed by atoms with Crippen molar-refractivity contribution in [2.75, 3.05) is 19.7 Å². The molecule has 196 valence electrons. The van der Waals surface area contributed by atoms with Crippen LogP contribution in [0.1, 0.15) is 35.6 Å². The number of carbonyl (C=O) groups is 2. The number of fused-ring (bicyclic) bond motifs is 1. The molecule has 38 heavy (non-hydrogen) atoms. The quantitative estimate of drug-likeness (QED) is 0.349. The zero-order chi connectivity index (χ0) is 26.3. The Morgan fingerprint density at radius 1 is 1.05 bits per heavy atom. The third kappa shape index (κ3) is 6.08. The maximum atomic E-state index is 14.0. The minimum atomic E-state index is -0.789. The van der Waals surface area contributed by atoms with E-state index < -0.39 is 6.04 Å². The van der Waals surface area contributed by atoms with Crippen LogP contribution in [0.5, 0.6) is 0 Å². The zero-order valence-electron chi connectivity index (χ0n) is 21.6. The van der Waals surface area contributed by atoms with Gasteiger partial charge >= 0.3 is 0 Å². The van der Waals surface area contributed by atoms with Crippen molar-refractivity contribution < 1.29 is 14.3 Å². The molecule has 1 saturated heterocycles. The first-order valence-corrected chi connectivity index (χ1v) is 13.2. The molecule has 0 spiro atoms. The SMILES string of the molecule is Cc1ccc([C@H](C(=O)NC[C@@H]2CCCO2)N(CCc2ccccc2)C(=O)Cn2nnc3ccccc32)cc1. The first kappa shape index (κ1) is 25.6. The van der Waals surface area contributed by atoms with Gasteiger partial charge in [0, 0.05) is 19.7 Å². The minimum absolute atomic E-state index is 0.00704. The molecule has 0 saturated carbocycles. The van der Waals surface area contributed by atoms with E-state index in [0.29, 0.717) is 19.5 Å². The highest BCUT2D eigenvalue weighted by Crippen LogP contribution is 2.24. The van der Waals surface area contributed by atoms with Crippen molar-refractivity contribution in [2.45, 2.75) is 44.9 Å². The molecule has 2 heterocycles. The molecule has 8 nitrogen and oxygen atoms in total. The standard InChI is InChI=1S/C30H33N5O3/c1-22-13-15-24(16-14-22)29(30(37)31-20-25-10-7-19-38-25)34(18-17-23-8-3-2-4-9-23)28(36)21-35-27-12-6-5-11-26(27)32-33-35/h2-6,8-9,11-16,25,29H,7,10,17-21H2,1H3,(H,31,37)/t25-,29+/m0/s1. The van der Waals surface area contributed by atoms with Crippen LogP contribution in [0, 0.1) is 6.92 Å². The molecule has 1 aromatic heterocycles. The normalized spacial score (nSPS) is 15.9. The summed E-state index contributed by atoms with van der Waals surface area (Å²) in [6.45, 7) is 3.51. The lowest BCUT2D eigenvalue weighted by Gasteiger charge is -2.32. The molecule has 1 fully saturated rings. The number of hydrogen-bond acceptors (Lipinski definition) is 5. The van der Waals surface area contributed by atoms with Gasteiger partial charge in [0.2, 0.25) is 11.8 Å². The molecule has 5 rings (SSSR count). The number of amides is 2. The fourth-order valence-electron chi connectivity index (χ4n) is 4.88. The number of carbonyl (C=O) groups excluding carboxylic acids is 2. The Hall–Kier alpha value is -4.04. The van der Waals surface area contributed by atoms with Gasteiger partial charge in [0.15, 0.2) is 0 Å². The molecule has 4 aromatic rings. The summed E-state index contributed by atoms with van der Waals surface area (Å²) in [4.78, 5) is 29.4. The molecule has 1 aliphatic heterocycles. The second-order valence-electron chi connectivity index (χ2n) is 9.75. The number of ether oxygens (including phenoxy) is 1. The van der Waals surface area contributed by atoms with Crippen LogP contribution in [0.25, 0.3) is 11.0 Å². The molecule has 0 aliphatic carbocycles. The topological polar surface area (TPSA) is 89.4 Å². The van der Waals surface area contributed by atoms with Gasteiger partial charge in [0.1, 0.15) is 18.1 Å². The predicted octanol–water partition coefficient (Wildman–Crippen LogP) is 3.85. The predicted molar refractivity (Wildman–Crippen MR) is 145 cm³/mol. The highest BCUT2D eigenvalue weighted by molar-refractivity contribution is 5.89. The fourth-order valence-corrected chi connectivity index (χ4v) is 4.88. The van der Waals surface area contributed by atoms with Crippen LogP contribution in [0.4, 0.5) is 0 Å².